The van der Waals surface area contributed by atoms with Crippen LogP contribution in [0.15, 0.2) is 24.3 Å². The Morgan fingerprint density at radius 3 is 1.42 bits per heavy atom. The molecule has 0 aromatic heterocycles. The van der Waals surface area contributed by atoms with E-state index in [-0.39, 0.29) is 64.2 Å². The molecule has 7 amide bonds. The van der Waals surface area contributed by atoms with Gasteiger partial charge >= 0.3 is 7.05 Å². The van der Waals surface area contributed by atoms with Crippen molar-refractivity contribution in [2.75, 3.05) is 32.7 Å². The van der Waals surface area contributed by atoms with E-state index < -0.39 is 183 Å². The van der Waals surface area contributed by atoms with Crippen molar-refractivity contribution in [1.29, 1.82) is 0 Å². The van der Waals surface area contributed by atoms with Crippen LogP contribution < -0.4 is 36.2 Å². The second-order valence-electron chi connectivity index (χ2n) is 38.3. The van der Waals surface area contributed by atoms with Crippen molar-refractivity contribution in [2.24, 2.45) is 5.92 Å². The van der Waals surface area contributed by atoms with Crippen molar-refractivity contribution in [3.05, 3.63) is 29.8 Å². The Morgan fingerprint density at radius 2 is 0.960 bits per heavy atom. The van der Waals surface area contributed by atoms with Gasteiger partial charge in [-0.2, -0.15) is 0 Å². The Balaban J connectivity index is 1.89. The van der Waals surface area contributed by atoms with Gasteiger partial charge in [-0.15, -0.1) is 0 Å². The summed E-state index contributed by atoms with van der Waals surface area (Å²) in [4.78, 5) is 114. The summed E-state index contributed by atoms with van der Waals surface area (Å²) in [6, 6.07) is -0.504. The van der Waals surface area contributed by atoms with Gasteiger partial charge in [0.15, 0.2) is 41.6 Å². The van der Waals surface area contributed by atoms with Crippen LogP contribution in [-0.2, 0) is 66.8 Å². The first-order chi connectivity index (χ1) is 45.0. The van der Waals surface area contributed by atoms with Crippen LogP contribution in [0.5, 0.6) is 5.75 Å². The van der Waals surface area contributed by atoms with Gasteiger partial charge in [0.25, 0.3) is 0 Å². The van der Waals surface area contributed by atoms with E-state index in [1.165, 1.54) is 9.80 Å². The predicted octanol–water partition coefficient (Wildman–Crippen LogP) is 10.8. The van der Waals surface area contributed by atoms with E-state index in [0.29, 0.717) is 5.75 Å². The summed E-state index contributed by atoms with van der Waals surface area (Å²) in [7, 11) is -16.7. The minimum Gasteiger partial charge on any atom is -0.544 e. The molecule has 12 atom stereocenters. The van der Waals surface area contributed by atoms with E-state index >= 15 is 28.8 Å². The third-order valence-electron chi connectivity index (χ3n) is 23.9. The highest BCUT2D eigenvalue weighted by atomic mass is 28.4. The summed E-state index contributed by atoms with van der Waals surface area (Å²) in [6.45, 7) is 68.0. The maximum atomic E-state index is 16.7. The van der Waals surface area contributed by atoms with Crippen LogP contribution in [0.1, 0.15) is 157 Å². The molecule has 3 unspecified atom stereocenters. The van der Waals surface area contributed by atoms with Crippen LogP contribution in [0.25, 0.3) is 0 Å². The average molecular weight is 1500 g/mol. The van der Waals surface area contributed by atoms with Crippen LogP contribution in [0, 0.1) is 5.92 Å². The first kappa shape index (κ1) is 87.0. The minimum absolute atomic E-state index is 0.0163. The van der Waals surface area contributed by atoms with E-state index in [0.717, 1.165) is 5.56 Å². The van der Waals surface area contributed by atoms with Crippen LogP contribution in [0.3, 0.4) is 0 Å². The third-order valence-corrected chi connectivity index (χ3v) is 51.0. The van der Waals surface area contributed by atoms with Gasteiger partial charge < -0.3 is 72.8 Å². The standard InChI is InChI=1S/C71H135BN8O14Si6/c1-45-42-80-58(59(45)94-100(32,33)71(19,20)21)63(85)74-41-54(81)73-40-51(78-72-44-88-72)60(82)75-55(46(2)89-95(22,23)66(4,5)6)64(86)79-43-50(92-98(28,29)69(13,14)15)39-52(79)61(83)77-57(62(84)76-56(65(80)87)47(3)90-96(24,25)67(7,8)9)53(93-99(30,31)70(16,17)18)38-48-34-36-49(37-35-48)91-97(26,27)68(10,11)12/h34-37,45-47,50-53,55-59,78H,38-44H2,1-33H3,(H,73,81)(H,74,85)(H,75,82)(H,76,84)(H,77,83)/t45-,46?,47?,50+,51+,52?,53+,55-,56-,57-,58-,59-/m0/s1. The Kier molecular flexibility index (Phi) is 27.4. The highest BCUT2D eigenvalue weighted by Gasteiger charge is 2.56. The van der Waals surface area contributed by atoms with Gasteiger partial charge in [-0.25, -0.2) is 0 Å². The van der Waals surface area contributed by atoms with Crippen molar-refractivity contribution in [3.8, 4) is 5.75 Å². The molecule has 0 spiro atoms. The first-order valence-corrected chi connectivity index (χ1v) is 54.0. The van der Waals surface area contributed by atoms with E-state index in [4.69, 9.17) is 31.2 Å². The number of nitrogens with one attached hydrogen (secondary N) is 6. The number of hydrogen-bond acceptors (Lipinski definition) is 15. The van der Waals surface area contributed by atoms with Crippen molar-refractivity contribution >= 4 is 98.3 Å². The fourth-order valence-electron chi connectivity index (χ4n) is 11.1. The monoisotopic (exact) mass is 1500 g/mol. The van der Waals surface area contributed by atoms with Crippen LogP contribution in [0.4, 0.5) is 0 Å². The average Bonchev–Trinajstić information content (AvgIpc) is 1.58. The number of carbonyl (C=O) groups is 7. The van der Waals surface area contributed by atoms with E-state index in [9.17, 15) is 4.79 Å². The molecule has 1 aromatic carbocycles. The number of rotatable bonds is 19. The smallest absolute Gasteiger partial charge is 0.405 e. The largest absolute Gasteiger partial charge is 0.544 e. The molecule has 22 nitrogen and oxygen atoms in total. The molecule has 100 heavy (non-hydrogen) atoms. The van der Waals surface area contributed by atoms with E-state index in [2.05, 4.69) is 235 Å². The molecule has 0 saturated carbocycles. The number of hydrogen-bond donors (Lipinski definition) is 6. The second kappa shape index (κ2) is 31.5. The summed E-state index contributed by atoms with van der Waals surface area (Å²) >= 11 is 0. The zero-order valence-electron chi connectivity index (χ0n) is 67.9. The quantitative estimate of drug-likeness (QED) is 0.0555. The highest BCUT2D eigenvalue weighted by Crippen LogP contribution is 2.45. The first-order valence-electron chi connectivity index (χ1n) is 36.6. The van der Waals surface area contributed by atoms with E-state index in [1.54, 1.807) is 13.8 Å². The number of carbonyl (C=O) groups excluding carboxylic acids is 7. The normalized spacial score (nSPS) is 25.9. The van der Waals surface area contributed by atoms with Crippen molar-refractivity contribution < 1.29 is 64.8 Å². The van der Waals surface area contributed by atoms with Gasteiger partial charge in [-0.05, 0) is 147 Å². The molecule has 570 valence electrons. The summed E-state index contributed by atoms with van der Waals surface area (Å²) in [5, 5.41) is 16.5. The molecular formula is C71H135BN8O14Si6. The Morgan fingerprint density at radius 1 is 0.530 bits per heavy atom. The van der Waals surface area contributed by atoms with Crippen LogP contribution in [0.2, 0.25) is 109 Å². The molecule has 0 aliphatic carbocycles. The molecule has 4 fully saturated rings. The Hall–Kier alpha value is -3.60. The van der Waals surface area contributed by atoms with Crippen LogP contribution in [-0.4, -0.2) is 208 Å². The second-order valence-corrected chi connectivity index (χ2v) is 66.8. The minimum atomic E-state index is -2.97. The van der Waals surface area contributed by atoms with Gasteiger partial charge in [0, 0.05) is 32.0 Å². The molecule has 1 aromatic rings. The lowest BCUT2D eigenvalue weighted by Gasteiger charge is -2.43. The molecule has 4 aliphatic heterocycles. The SMILES string of the molecule is CC(O[Si](C)(C)C(C)(C)C)[C@@H]1NC(=O)[C@H](NB2CO2)CNC(=O)CNC(=O)[C@@H]2[C@@H](O[Si](C)(C)C(C)(C)C)[C@@H](C)CN2C(=O)[C@H](C(C)O[Si](C)(C)C(C)(C)C)NC(=O)[C@H]([C@@H](Cc2ccc(O[Si](C)(C)C(C)(C)C)cc2)O[Si](C)(C)C(C)(C)C)NC(=O)C2C[C@@H](O[Si](C)(C)C(C)(C)C)CN2C1=O. The molecule has 5 rings (SSSR count). The zero-order valence-corrected chi connectivity index (χ0v) is 73.9. The summed E-state index contributed by atoms with van der Waals surface area (Å²) < 4.78 is 48.4. The number of amides is 7. The molecule has 0 radical (unpaired) electrons. The molecule has 0 bridgehead atoms. The lowest BCUT2D eigenvalue weighted by molar-refractivity contribution is -0.146. The van der Waals surface area contributed by atoms with Gasteiger partial charge in [-0.3, -0.25) is 33.6 Å². The Bertz CT molecular complexity index is 3060. The predicted molar refractivity (Wildman–Crippen MR) is 415 cm³/mol. The number of fused-ring (bicyclic) bond motifs is 2. The van der Waals surface area contributed by atoms with E-state index in [1.807, 2.05) is 31.2 Å². The van der Waals surface area contributed by atoms with Gasteiger partial charge in [0.05, 0.1) is 49.6 Å². The maximum absolute atomic E-state index is 16.7. The van der Waals surface area contributed by atoms with Crippen molar-refractivity contribution in [1.82, 2.24) is 41.6 Å². The summed E-state index contributed by atoms with van der Waals surface area (Å²) in [5.41, 5.74) is 0.769. The van der Waals surface area contributed by atoms with Crippen molar-refractivity contribution in [3.63, 3.8) is 0 Å². The molecule has 6 N–H and O–H groups in total. The zero-order chi connectivity index (χ0) is 76.8. The molecule has 29 heteroatoms. The Labute approximate surface area is 609 Å². The maximum Gasteiger partial charge on any atom is 0.405 e. The number of nitrogens with zero attached hydrogens (tertiary/aromatic N) is 2. The van der Waals surface area contributed by atoms with Gasteiger partial charge in [0.2, 0.25) is 49.7 Å². The van der Waals surface area contributed by atoms with Gasteiger partial charge in [0.1, 0.15) is 36.0 Å². The highest BCUT2D eigenvalue weighted by molar-refractivity contribution is 6.76. The van der Waals surface area contributed by atoms with Gasteiger partial charge in [-0.1, -0.05) is 144 Å². The fraction of sp³-hybridized carbons (Fsp3) is 0.817. The summed E-state index contributed by atoms with van der Waals surface area (Å²) in [6.07, 6.45) is -4.54. The lowest BCUT2D eigenvalue weighted by atomic mass is 9.94. The van der Waals surface area contributed by atoms with Crippen LogP contribution >= 0.6 is 0 Å². The number of benzene rings is 1. The van der Waals surface area contributed by atoms with Crippen molar-refractivity contribution in [2.45, 2.75) is 334 Å². The molecular weight excluding hydrogens is 1370 g/mol. The third kappa shape index (κ3) is 21.6. The summed E-state index contributed by atoms with van der Waals surface area (Å²) in [5.74, 6) is -4.43. The lowest BCUT2D eigenvalue weighted by Crippen LogP contribution is -2.66. The topological polar surface area (TPSA) is 266 Å². The molecule has 4 aliphatic rings. The fourth-order valence-corrected chi connectivity index (χ4v) is 19.1. The molecule has 4 heterocycles. The molecule has 4 saturated heterocycles.